The number of nitrogens with one attached hydrogen (secondary N) is 2. The molecule has 0 aliphatic carbocycles. The molecule has 0 unspecified atom stereocenters. The quantitative estimate of drug-likeness (QED) is 0.417. The van der Waals surface area contributed by atoms with Crippen molar-refractivity contribution in [3.63, 3.8) is 0 Å². The van der Waals surface area contributed by atoms with Crippen molar-refractivity contribution in [1.29, 1.82) is 0 Å². The van der Waals surface area contributed by atoms with Gasteiger partial charge in [-0.1, -0.05) is 0 Å². The van der Waals surface area contributed by atoms with Crippen LogP contribution in [-0.4, -0.2) is 29.1 Å². The summed E-state index contributed by atoms with van der Waals surface area (Å²) in [4.78, 5) is 22.0. The Labute approximate surface area is 116 Å². The maximum atomic E-state index is 11.4. The van der Waals surface area contributed by atoms with E-state index in [0.717, 1.165) is 12.0 Å². The van der Waals surface area contributed by atoms with Gasteiger partial charge >= 0.3 is 0 Å². The number of nitro benzene ring substituents is 1. The fourth-order valence-corrected chi connectivity index (χ4v) is 2.17. The summed E-state index contributed by atoms with van der Waals surface area (Å²) in [5.74, 6) is -0.0717. The summed E-state index contributed by atoms with van der Waals surface area (Å²) in [6, 6.07) is 3.13. The van der Waals surface area contributed by atoms with E-state index in [1.165, 1.54) is 6.07 Å². The van der Waals surface area contributed by atoms with Gasteiger partial charge in [0.15, 0.2) is 0 Å². The topological polar surface area (TPSA) is 104 Å². The molecule has 3 N–H and O–H groups in total. The number of rotatable bonds is 6. The molecular weight excluding hydrogens is 262 g/mol. The molecule has 0 aromatic heterocycles. The molecule has 0 bridgehead atoms. The molecule has 7 heteroatoms. The number of anilines is 2. The third kappa shape index (κ3) is 3.24. The monoisotopic (exact) mass is 279 g/mol. The van der Waals surface area contributed by atoms with Gasteiger partial charge in [-0.2, -0.15) is 0 Å². The van der Waals surface area contributed by atoms with Crippen molar-refractivity contribution in [2.45, 2.75) is 25.7 Å². The van der Waals surface area contributed by atoms with E-state index < -0.39 is 4.92 Å². The van der Waals surface area contributed by atoms with Crippen molar-refractivity contribution in [1.82, 2.24) is 0 Å². The maximum absolute atomic E-state index is 11.4. The van der Waals surface area contributed by atoms with Gasteiger partial charge in [0.1, 0.15) is 5.69 Å². The van der Waals surface area contributed by atoms with E-state index in [-0.39, 0.29) is 18.2 Å². The molecule has 0 spiro atoms. The van der Waals surface area contributed by atoms with Crippen molar-refractivity contribution < 1.29 is 14.8 Å². The smallest absolute Gasteiger partial charge is 0.292 e. The number of hydrogen-bond donors (Lipinski definition) is 3. The Morgan fingerprint density at radius 3 is 2.85 bits per heavy atom. The lowest BCUT2D eigenvalue weighted by atomic mass is 10.0. The van der Waals surface area contributed by atoms with Gasteiger partial charge in [0.05, 0.1) is 4.92 Å². The second kappa shape index (κ2) is 6.33. The lowest BCUT2D eigenvalue weighted by Crippen LogP contribution is -2.19. The van der Waals surface area contributed by atoms with Crippen molar-refractivity contribution in [3.8, 4) is 0 Å². The minimum Gasteiger partial charge on any atom is -0.396 e. The SMILES string of the molecule is O=C1CCc2cc([N+](=O)[O-])c(NCCCCO)cc2N1. The zero-order chi connectivity index (χ0) is 14.5. The third-order valence-electron chi connectivity index (χ3n) is 3.21. The number of carbonyl (C=O) groups excluding carboxylic acids is 1. The van der Waals surface area contributed by atoms with E-state index in [0.29, 0.717) is 37.2 Å². The summed E-state index contributed by atoms with van der Waals surface area (Å²) >= 11 is 0. The number of amides is 1. The first kappa shape index (κ1) is 14.3. The van der Waals surface area contributed by atoms with Gasteiger partial charge in [-0.15, -0.1) is 0 Å². The largest absolute Gasteiger partial charge is 0.396 e. The summed E-state index contributed by atoms with van der Waals surface area (Å²) in [5, 5.41) is 25.5. The van der Waals surface area contributed by atoms with Crippen LogP contribution >= 0.6 is 0 Å². The predicted molar refractivity (Wildman–Crippen MR) is 74.9 cm³/mol. The number of nitrogens with zero attached hydrogens (tertiary/aromatic N) is 1. The highest BCUT2D eigenvalue weighted by molar-refractivity contribution is 5.95. The fraction of sp³-hybridized carbons (Fsp3) is 0.462. The van der Waals surface area contributed by atoms with Crippen molar-refractivity contribution in [2.24, 2.45) is 0 Å². The fourth-order valence-electron chi connectivity index (χ4n) is 2.17. The number of carbonyl (C=O) groups is 1. The summed E-state index contributed by atoms with van der Waals surface area (Å²) in [6.07, 6.45) is 2.24. The molecule has 0 saturated heterocycles. The van der Waals surface area contributed by atoms with Crippen LogP contribution in [0, 0.1) is 10.1 Å². The molecule has 2 rings (SSSR count). The number of aliphatic hydroxyl groups excluding tert-OH is 1. The zero-order valence-corrected chi connectivity index (χ0v) is 11.0. The van der Waals surface area contributed by atoms with E-state index in [9.17, 15) is 14.9 Å². The Hall–Kier alpha value is -2.15. The number of hydrogen-bond acceptors (Lipinski definition) is 5. The Balaban J connectivity index is 2.21. The zero-order valence-electron chi connectivity index (χ0n) is 11.0. The Morgan fingerprint density at radius 2 is 2.15 bits per heavy atom. The maximum Gasteiger partial charge on any atom is 0.292 e. The normalized spacial score (nSPS) is 13.6. The summed E-state index contributed by atoms with van der Waals surface area (Å²) in [7, 11) is 0. The van der Waals surface area contributed by atoms with Crippen LogP contribution in [0.15, 0.2) is 12.1 Å². The average Bonchev–Trinajstić information content (AvgIpc) is 2.42. The second-order valence-electron chi connectivity index (χ2n) is 4.69. The van der Waals surface area contributed by atoms with Gasteiger partial charge in [0.2, 0.25) is 5.91 Å². The minimum atomic E-state index is -0.426. The highest BCUT2D eigenvalue weighted by Gasteiger charge is 2.22. The van der Waals surface area contributed by atoms with Crippen molar-refractivity contribution in [2.75, 3.05) is 23.8 Å². The predicted octanol–water partition coefficient (Wildman–Crippen LogP) is 1.66. The molecule has 108 valence electrons. The summed E-state index contributed by atoms with van der Waals surface area (Å²) in [6.45, 7) is 0.637. The third-order valence-corrected chi connectivity index (χ3v) is 3.21. The number of unbranched alkanes of at least 4 members (excludes halogenated alkanes) is 1. The lowest BCUT2D eigenvalue weighted by Gasteiger charge is -2.18. The number of fused-ring (bicyclic) bond motifs is 1. The molecule has 1 aliphatic heterocycles. The van der Waals surface area contributed by atoms with Crippen LogP contribution in [0.2, 0.25) is 0 Å². The number of nitro groups is 1. The standard InChI is InChI=1S/C13H17N3O4/c17-6-2-1-5-14-11-8-10-9(3-4-13(18)15-10)7-12(11)16(19)20/h7-8,14,17H,1-6H2,(H,15,18). The number of aliphatic hydroxyl groups is 1. The van der Waals surface area contributed by atoms with Crippen LogP contribution in [0.5, 0.6) is 0 Å². The molecule has 0 saturated carbocycles. The van der Waals surface area contributed by atoms with Crippen LogP contribution in [0.3, 0.4) is 0 Å². The molecule has 0 fully saturated rings. The molecule has 7 nitrogen and oxygen atoms in total. The van der Waals surface area contributed by atoms with Crippen LogP contribution in [0.1, 0.15) is 24.8 Å². The Bertz CT molecular complexity index is 531. The molecule has 1 heterocycles. The Morgan fingerprint density at radius 1 is 1.35 bits per heavy atom. The first-order valence-corrected chi connectivity index (χ1v) is 6.57. The van der Waals surface area contributed by atoms with Crippen molar-refractivity contribution >= 4 is 23.0 Å². The molecule has 1 aromatic carbocycles. The molecule has 1 amide bonds. The Kier molecular flexibility index (Phi) is 4.52. The minimum absolute atomic E-state index is 0.0175. The highest BCUT2D eigenvalue weighted by Crippen LogP contribution is 2.34. The molecule has 0 atom stereocenters. The first-order valence-electron chi connectivity index (χ1n) is 6.57. The lowest BCUT2D eigenvalue weighted by molar-refractivity contribution is -0.384. The van der Waals surface area contributed by atoms with Gasteiger partial charge in [-0.05, 0) is 30.9 Å². The van der Waals surface area contributed by atoms with Gasteiger partial charge in [0.25, 0.3) is 5.69 Å². The van der Waals surface area contributed by atoms with E-state index in [1.807, 2.05) is 0 Å². The molecule has 1 aliphatic rings. The van der Waals surface area contributed by atoms with E-state index in [1.54, 1.807) is 6.07 Å². The average molecular weight is 279 g/mol. The summed E-state index contributed by atoms with van der Waals surface area (Å²) < 4.78 is 0. The van der Waals surface area contributed by atoms with Crippen LogP contribution in [0.4, 0.5) is 17.1 Å². The van der Waals surface area contributed by atoms with Gasteiger partial charge in [0, 0.05) is 31.3 Å². The number of aryl methyl sites for hydroxylation is 1. The molecule has 0 radical (unpaired) electrons. The first-order chi connectivity index (χ1) is 9.61. The molecule has 20 heavy (non-hydrogen) atoms. The second-order valence-corrected chi connectivity index (χ2v) is 4.69. The highest BCUT2D eigenvalue weighted by atomic mass is 16.6. The van der Waals surface area contributed by atoms with Gasteiger partial charge in [-0.25, -0.2) is 0 Å². The van der Waals surface area contributed by atoms with Crippen LogP contribution in [0.25, 0.3) is 0 Å². The van der Waals surface area contributed by atoms with Crippen LogP contribution < -0.4 is 10.6 Å². The number of benzene rings is 1. The van der Waals surface area contributed by atoms with Gasteiger partial charge in [-0.3, -0.25) is 14.9 Å². The molecular formula is C13H17N3O4. The van der Waals surface area contributed by atoms with E-state index >= 15 is 0 Å². The summed E-state index contributed by atoms with van der Waals surface area (Å²) in [5.41, 5.74) is 1.84. The molecule has 1 aromatic rings. The van der Waals surface area contributed by atoms with Gasteiger partial charge < -0.3 is 15.7 Å². The van der Waals surface area contributed by atoms with E-state index in [2.05, 4.69) is 10.6 Å². The van der Waals surface area contributed by atoms with Crippen molar-refractivity contribution in [3.05, 3.63) is 27.8 Å². The van der Waals surface area contributed by atoms with E-state index in [4.69, 9.17) is 5.11 Å². The van der Waals surface area contributed by atoms with Crippen LogP contribution in [-0.2, 0) is 11.2 Å².